The highest BCUT2D eigenvalue weighted by Crippen LogP contribution is 2.38. The van der Waals surface area contributed by atoms with Crippen molar-refractivity contribution >= 4 is 37.0 Å². The molecule has 1 heterocycles. The molecule has 1 aromatic heterocycles. The largest absolute Gasteiger partial charge is 0.497 e. The maximum atomic E-state index is 14.2. The molecule has 5 aromatic rings. The van der Waals surface area contributed by atoms with Gasteiger partial charge in [0.15, 0.2) is 0 Å². The fraction of sp³-hybridized carbons (Fsp3) is 0.0968. The third-order valence-corrected chi connectivity index (χ3v) is 9.90. The number of hydrogen-bond donors (Lipinski definition) is 1. The molecule has 204 valence electrons. The second-order valence-electron chi connectivity index (χ2n) is 9.24. The molecule has 0 amide bonds. The summed E-state index contributed by atoms with van der Waals surface area (Å²) in [6.45, 7) is 5.84. The van der Waals surface area contributed by atoms with E-state index in [0.717, 1.165) is 5.56 Å². The molecular weight excluding hydrogens is 544 g/mol. The normalized spacial score (nSPS) is 12.8. The summed E-state index contributed by atoms with van der Waals surface area (Å²) in [6, 6.07) is 27.3. The van der Waals surface area contributed by atoms with Crippen molar-refractivity contribution in [2.75, 3.05) is 7.11 Å². The number of aromatic nitrogens is 1. The van der Waals surface area contributed by atoms with Crippen LogP contribution in [0.2, 0.25) is 0 Å². The number of hydrogen-bond acceptors (Lipinski definition) is 5. The Morgan fingerprint density at radius 3 is 2.05 bits per heavy atom. The number of benzene rings is 4. The van der Waals surface area contributed by atoms with Crippen LogP contribution in [0.4, 0.5) is 0 Å². The Morgan fingerprint density at radius 1 is 0.800 bits per heavy atom. The van der Waals surface area contributed by atoms with Crippen LogP contribution in [-0.4, -0.2) is 27.9 Å². The lowest BCUT2D eigenvalue weighted by Crippen LogP contribution is -2.32. The average molecular weight is 573 g/mol. The number of nitrogens with zero attached hydrogens (tertiary/aromatic N) is 1. The summed E-state index contributed by atoms with van der Waals surface area (Å²) in [5.41, 5.74) is 2.56. The van der Waals surface area contributed by atoms with E-state index in [-0.39, 0.29) is 15.5 Å². The highest BCUT2D eigenvalue weighted by molar-refractivity contribution is 7.90. The summed E-state index contributed by atoms with van der Waals surface area (Å²) in [5, 5.41) is 0.625. The van der Waals surface area contributed by atoms with Gasteiger partial charge >= 0.3 is 0 Å². The number of para-hydroxylation sites is 1. The van der Waals surface area contributed by atoms with Gasteiger partial charge in [0, 0.05) is 10.9 Å². The summed E-state index contributed by atoms with van der Waals surface area (Å²) in [6.07, 6.45) is 1.56. The van der Waals surface area contributed by atoms with Crippen molar-refractivity contribution in [2.45, 2.75) is 22.8 Å². The zero-order valence-corrected chi connectivity index (χ0v) is 23.6. The lowest BCUT2D eigenvalue weighted by atomic mass is 10.00. The van der Waals surface area contributed by atoms with E-state index < -0.39 is 26.1 Å². The first-order chi connectivity index (χ1) is 19.2. The molecule has 9 heteroatoms. The van der Waals surface area contributed by atoms with Crippen LogP contribution >= 0.6 is 0 Å². The Morgan fingerprint density at radius 2 is 1.43 bits per heavy atom. The van der Waals surface area contributed by atoms with E-state index in [4.69, 9.17) is 4.74 Å². The SMILES string of the molecule is C=Cc1c(C(NS(=O)(=O)c2ccc(C)cc2)c2ccc(OC)cc2)n(S(=O)(=O)c2ccccc2)c2ccccc12. The molecule has 1 unspecified atom stereocenters. The monoisotopic (exact) mass is 572 g/mol. The van der Waals surface area contributed by atoms with Crippen molar-refractivity contribution in [1.29, 1.82) is 0 Å². The number of ether oxygens (including phenoxy) is 1. The van der Waals surface area contributed by atoms with E-state index in [1.807, 2.05) is 6.92 Å². The molecule has 0 aliphatic carbocycles. The molecule has 0 fully saturated rings. The molecule has 0 aliphatic heterocycles. The second kappa shape index (κ2) is 10.8. The quantitative estimate of drug-likeness (QED) is 0.237. The lowest BCUT2D eigenvalue weighted by molar-refractivity contribution is 0.414. The first-order valence-corrected chi connectivity index (χ1v) is 15.4. The van der Waals surface area contributed by atoms with Crippen LogP contribution in [0, 0.1) is 6.92 Å². The minimum absolute atomic E-state index is 0.0605. The van der Waals surface area contributed by atoms with E-state index >= 15 is 0 Å². The molecule has 0 spiro atoms. The second-order valence-corrected chi connectivity index (χ2v) is 12.7. The summed E-state index contributed by atoms with van der Waals surface area (Å²) >= 11 is 0. The van der Waals surface area contributed by atoms with Crippen molar-refractivity contribution in [3.8, 4) is 5.75 Å². The van der Waals surface area contributed by atoms with Crippen LogP contribution < -0.4 is 9.46 Å². The standard InChI is InChI=1S/C31H28N2O5S2/c1-4-27-28-12-8-9-13-29(28)33(40(36,37)26-10-6-5-7-11-26)31(27)30(23-16-18-24(38-3)19-17-23)32-39(34,35)25-20-14-22(2)15-21-25/h4-21,30,32H,1H2,2-3H3. The molecule has 0 bridgehead atoms. The Bertz CT molecular complexity index is 1890. The van der Waals surface area contributed by atoms with Crippen molar-refractivity contribution in [3.63, 3.8) is 0 Å². The van der Waals surface area contributed by atoms with Crippen molar-refractivity contribution < 1.29 is 21.6 Å². The zero-order valence-electron chi connectivity index (χ0n) is 22.0. The zero-order chi connectivity index (χ0) is 28.5. The fourth-order valence-corrected chi connectivity index (χ4v) is 7.50. The van der Waals surface area contributed by atoms with Crippen molar-refractivity contribution in [3.05, 3.63) is 132 Å². The Hall–Kier alpha value is -4.18. The van der Waals surface area contributed by atoms with Crippen molar-refractivity contribution in [2.24, 2.45) is 0 Å². The van der Waals surface area contributed by atoms with Crippen molar-refractivity contribution in [1.82, 2.24) is 8.69 Å². The molecule has 0 radical (unpaired) electrons. The smallest absolute Gasteiger partial charge is 0.268 e. The third-order valence-electron chi connectivity index (χ3n) is 6.72. The van der Waals surface area contributed by atoms with E-state index in [0.29, 0.717) is 27.8 Å². The third kappa shape index (κ3) is 4.95. The van der Waals surface area contributed by atoms with Crippen LogP contribution in [-0.2, 0) is 20.0 Å². The van der Waals surface area contributed by atoms with E-state index in [2.05, 4.69) is 11.3 Å². The topological polar surface area (TPSA) is 94.5 Å². The molecule has 0 saturated heterocycles. The van der Waals surface area contributed by atoms with Gasteiger partial charge in [0.1, 0.15) is 5.75 Å². The van der Waals surface area contributed by atoms with E-state index in [1.54, 1.807) is 84.9 Å². The van der Waals surface area contributed by atoms with Gasteiger partial charge in [-0.1, -0.05) is 78.9 Å². The fourth-order valence-electron chi connectivity index (χ4n) is 4.72. The highest BCUT2D eigenvalue weighted by Gasteiger charge is 2.33. The van der Waals surface area contributed by atoms with E-state index in [1.165, 1.54) is 35.3 Å². The maximum Gasteiger partial charge on any atom is 0.268 e. The van der Waals surface area contributed by atoms with Crippen LogP contribution in [0.3, 0.4) is 0 Å². The van der Waals surface area contributed by atoms with Crippen LogP contribution in [0.15, 0.2) is 119 Å². The van der Waals surface area contributed by atoms with Gasteiger partial charge < -0.3 is 4.74 Å². The first kappa shape index (κ1) is 27.4. The predicted molar refractivity (Wildman–Crippen MR) is 157 cm³/mol. The summed E-state index contributed by atoms with van der Waals surface area (Å²) in [5.74, 6) is 0.574. The molecular formula is C31H28N2O5S2. The molecule has 1 N–H and O–H groups in total. The Kier molecular flexibility index (Phi) is 7.37. The molecule has 0 aliphatic rings. The van der Waals surface area contributed by atoms with Crippen LogP contribution in [0.5, 0.6) is 5.75 Å². The van der Waals surface area contributed by atoms with Gasteiger partial charge in [-0.3, -0.25) is 0 Å². The van der Waals surface area contributed by atoms with Gasteiger partial charge in [0.25, 0.3) is 10.0 Å². The minimum atomic E-state index is -4.17. The molecule has 4 aromatic carbocycles. The summed E-state index contributed by atoms with van der Waals surface area (Å²) in [7, 11) is -6.73. The molecule has 5 rings (SSSR count). The van der Waals surface area contributed by atoms with Gasteiger partial charge in [-0.25, -0.2) is 20.8 Å². The first-order valence-electron chi connectivity index (χ1n) is 12.5. The summed E-state index contributed by atoms with van der Waals surface area (Å²) in [4.78, 5) is 0.132. The molecule has 1 atom stereocenters. The van der Waals surface area contributed by atoms with Gasteiger partial charge in [-0.2, -0.15) is 4.72 Å². The number of fused-ring (bicyclic) bond motifs is 1. The average Bonchev–Trinajstić information content (AvgIpc) is 3.31. The number of aryl methyl sites for hydroxylation is 1. The molecule has 0 saturated carbocycles. The molecule has 7 nitrogen and oxygen atoms in total. The van der Waals surface area contributed by atoms with Gasteiger partial charge in [-0.05, 0) is 55.0 Å². The minimum Gasteiger partial charge on any atom is -0.497 e. The predicted octanol–water partition coefficient (Wildman–Crippen LogP) is 5.91. The molecule has 40 heavy (non-hydrogen) atoms. The Balaban J connectivity index is 1.83. The summed E-state index contributed by atoms with van der Waals surface area (Å²) < 4.78 is 65.3. The Labute approximate surface area is 234 Å². The van der Waals surface area contributed by atoms with E-state index in [9.17, 15) is 16.8 Å². The number of nitrogens with one attached hydrogen (secondary N) is 1. The number of rotatable bonds is 9. The maximum absolute atomic E-state index is 14.2. The van der Waals surface area contributed by atoms with Crippen LogP contribution in [0.1, 0.15) is 28.4 Å². The highest BCUT2D eigenvalue weighted by atomic mass is 32.2. The van der Waals surface area contributed by atoms with Crippen LogP contribution in [0.25, 0.3) is 17.0 Å². The van der Waals surface area contributed by atoms with Gasteiger partial charge in [-0.15, -0.1) is 0 Å². The number of sulfonamides is 1. The van der Waals surface area contributed by atoms with Gasteiger partial charge in [0.05, 0.1) is 34.2 Å². The lowest BCUT2D eigenvalue weighted by Gasteiger charge is -2.23. The number of methoxy groups -OCH3 is 1. The van der Waals surface area contributed by atoms with Gasteiger partial charge in [0.2, 0.25) is 10.0 Å².